The first-order chi connectivity index (χ1) is 10.2. The molecule has 6 heteroatoms. The number of carbonyl (C=O) groups excluding carboxylic acids is 1. The van der Waals surface area contributed by atoms with Crippen molar-refractivity contribution in [1.82, 2.24) is 0 Å². The Kier molecular flexibility index (Phi) is 3.30. The average molecular weight is 317 g/mol. The fourth-order valence-electron chi connectivity index (χ4n) is 2.98. The van der Waals surface area contributed by atoms with Crippen molar-refractivity contribution in [2.45, 2.75) is 20.3 Å². The number of ketones is 1. The van der Waals surface area contributed by atoms with Crippen molar-refractivity contribution < 1.29 is 17.4 Å². The maximum atomic E-state index is 12.4. The summed E-state index contributed by atoms with van der Waals surface area (Å²) in [4.78, 5) is 12.4. The van der Waals surface area contributed by atoms with Crippen LogP contribution in [-0.2, 0) is 16.7 Å². The van der Waals surface area contributed by atoms with Crippen molar-refractivity contribution in [1.29, 1.82) is 0 Å². The van der Waals surface area contributed by atoms with Crippen LogP contribution in [0, 0.1) is 13.8 Å². The summed E-state index contributed by atoms with van der Waals surface area (Å²) in [6.07, 6.45) is 0.216. The van der Waals surface area contributed by atoms with Gasteiger partial charge in [0.2, 0.25) is 0 Å². The topological polar surface area (TPSA) is 86.5 Å². The van der Waals surface area contributed by atoms with Gasteiger partial charge in [0.1, 0.15) is 5.75 Å². The highest BCUT2D eigenvalue weighted by Crippen LogP contribution is 2.37. The van der Waals surface area contributed by atoms with Gasteiger partial charge < -0.3 is 4.18 Å². The summed E-state index contributed by atoms with van der Waals surface area (Å²) in [6.45, 7) is 3.90. The van der Waals surface area contributed by atoms with Gasteiger partial charge in [-0.1, -0.05) is 23.8 Å². The summed E-state index contributed by atoms with van der Waals surface area (Å²) in [7, 11) is -4.08. The van der Waals surface area contributed by atoms with Gasteiger partial charge >= 0.3 is 10.3 Å². The molecule has 0 atom stereocenters. The number of Topliss-reactive ketones (excluding diaryl/α,β-unsaturated/α-hetero) is 1. The summed E-state index contributed by atoms with van der Waals surface area (Å²) in [5, 5.41) is 4.87. The highest BCUT2D eigenvalue weighted by molar-refractivity contribution is 7.84. The number of hydrogen-bond donors (Lipinski definition) is 1. The van der Waals surface area contributed by atoms with Crippen LogP contribution < -0.4 is 9.32 Å². The maximum absolute atomic E-state index is 12.4. The lowest BCUT2D eigenvalue weighted by Crippen LogP contribution is -2.19. The molecule has 0 radical (unpaired) electrons. The lowest BCUT2D eigenvalue weighted by Gasteiger charge is -2.21. The molecule has 114 valence electrons. The molecule has 0 amide bonds. The van der Waals surface area contributed by atoms with Gasteiger partial charge in [0.05, 0.1) is 0 Å². The Hall–Kier alpha value is -2.18. The number of aryl methyl sites for hydroxylation is 2. The van der Waals surface area contributed by atoms with E-state index >= 15 is 0 Å². The van der Waals surface area contributed by atoms with E-state index in [1.54, 1.807) is 18.2 Å². The number of fused-ring (bicyclic) bond motifs is 3. The van der Waals surface area contributed by atoms with E-state index < -0.39 is 10.3 Å². The van der Waals surface area contributed by atoms with E-state index in [0.29, 0.717) is 0 Å². The molecule has 0 spiro atoms. The second-order valence-corrected chi connectivity index (χ2v) is 6.65. The van der Waals surface area contributed by atoms with E-state index in [4.69, 9.17) is 5.14 Å². The van der Waals surface area contributed by atoms with E-state index in [9.17, 15) is 13.2 Å². The third-order valence-corrected chi connectivity index (χ3v) is 4.11. The van der Waals surface area contributed by atoms with Crippen LogP contribution in [0.3, 0.4) is 0 Å². The Morgan fingerprint density at radius 1 is 1.09 bits per heavy atom. The molecule has 2 aromatic carbocycles. The minimum Gasteiger partial charge on any atom is -0.371 e. The monoisotopic (exact) mass is 317 g/mol. The number of rotatable bonds is 2. The summed E-state index contributed by atoms with van der Waals surface area (Å²) >= 11 is 0. The Labute approximate surface area is 129 Å². The molecule has 0 aliphatic heterocycles. The summed E-state index contributed by atoms with van der Waals surface area (Å²) in [6, 6.07) is 8.82. The third kappa shape index (κ3) is 2.63. The zero-order chi connectivity index (χ0) is 16.1. The van der Waals surface area contributed by atoms with Crippen molar-refractivity contribution in [2.75, 3.05) is 0 Å². The molecule has 2 aromatic rings. The van der Waals surface area contributed by atoms with E-state index in [2.05, 4.69) is 4.18 Å². The number of hydrogen-bond acceptors (Lipinski definition) is 4. The molecule has 1 aliphatic carbocycles. The summed E-state index contributed by atoms with van der Waals surface area (Å²) < 4.78 is 26.7. The minimum absolute atomic E-state index is 0.0211. The molecular formula is C16H15NO4S. The largest absolute Gasteiger partial charge is 0.380 e. The molecule has 0 saturated carbocycles. The van der Waals surface area contributed by atoms with Gasteiger partial charge in [-0.15, -0.1) is 0 Å². The number of nitrogens with two attached hydrogens (primary N) is 1. The van der Waals surface area contributed by atoms with Crippen LogP contribution in [-0.4, -0.2) is 14.2 Å². The van der Waals surface area contributed by atoms with E-state index in [1.807, 2.05) is 26.0 Å². The third-order valence-electron chi connectivity index (χ3n) is 3.69. The normalized spacial score (nSPS) is 13.5. The smallest absolute Gasteiger partial charge is 0.371 e. The van der Waals surface area contributed by atoms with Crippen LogP contribution in [0.25, 0.3) is 11.1 Å². The molecular weight excluding hydrogens is 302 g/mol. The van der Waals surface area contributed by atoms with Gasteiger partial charge in [0.25, 0.3) is 0 Å². The van der Waals surface area contributed by atoms with Crippen LogP contribution in [0.15, 0.2) is 30.3 Å². The Balaban J connectivity index is 2.17. The van der Waals surface area contributed by atoms with Gasteiger partial charge in [-0.2, -0.15) is 13.6 Å². The number of benzene rings is 2. The van der Waals surface area contributed by atoms with Crippen molar-refractivity contribution in [3.8, 4) is 16.9 Å². The Morgan fingerprint density at radius 3 is 2.50 bits per heavy atom. The van der Waals surface area contributed by atoms with Crippen LogP contribution >= 0.6 is 0 Å². The van der Waals surface area contributed by atoms with Crippen molar-refractivity contribution in [2.24, 2.45) is 5.14 Å². The fourth-order valence-corrected chi connectivity index (χ4v) is 3.35. The lowest BCUT2D eigenvalue weighted by atomic mass is 9.82. The second-order valence-electron chi connectivity index (χ2n) is 5.50. The predicted octanol–water partition coefficient (Wildman–Crippen LogP) is 2.29. The zero-order valence-corrected chi connectivity index (χ0v) is 13.0. The van der Waals surface area contributed by atoms with Crippen LogP contribution in [0.1, 0.15) is 27.0 Å². The number of carbonyl (C=O) groups is 1. The first kappa shape index (κ1) is 14.7. The van der Waals surface area contributed by atoms with Crippen LogP contribution in [0.4, 0.5) is 0 Å². The van der Waals surface area contributed by atoms with E-state index in [-0.39, 0.29) is 18.0 Å². The first-order valence-corrected chi connectivity index (χ1v) is 8.22. The molecule has 2 N–H and O–H groups in total. The molecule has 0 fully saturated rings. The minimum atomic E-state index is -4.08. The van der Waals surface area contributed by atoms with Crippen molar-refractivity contribution >= 4 is 16.1 Å². The average Bonchev–Trinajstić information content (AvgIpc) is 2.35. The molecule has 0 bridgehead atoms. The van der Waals surface area contributed by atoms with Crippen LogP contribution in [0.2, 0.25) is 0 Å². The highest BCUT2D eigenvalue weighted by atomic mass is 32.2. The van der Waals surface area contributed by atoms with Gasteiger partial charge in [-0.3, -0.25) is 4.79 Å². The quantitative estimate of drug-likeness (QED) is 0.920. The van der Waals surface area contributed by atoms with Gasteiger partial charge in [-0.05, 0) is 48.2 Å². The molecule has 0 aromatic heterocycles. The molecule has 5 nitrogen and oxygen atoms in total. The zero-order valence-electron chi connectivity index (χ0n) is 12.2. The Morgan fingerprint density at radius 2 is 1.82 bits per heavy atom. The molecule has 3 rings (SSSR count). The van der Waals surface area contributed by atoms with Gasteiger partial charge in [0.15, 0.2) is 5.78 Å². The summed E-state index contributed by atoms with van der Waals surface area (Å²) in [5.41, 5.74) is 5.30. The maximum Gasteiger partial charge on any atom is 0.380 e. The van der Waals surface area contributed by atoms with Gasteiger partial charge in [0, 0.05) is 12.0 Å². The molecule has 1 aliphatic rings. The standard InChI is InChI=1S/C16H15NO4S/c1-9-5-10(2)16-14(6-9)13-4-3-12(21-22(17,19)20)7-11(13)8-15(16)18/h3-7H,8H2,1-2H3,(H2,17,19,20). The lowest BCUT2D eigenvalue weighted by molar-refractivity contribution is 0.0991. The SMILES string of the molecule is Cc1cc(C)c2c(c1)-c1ccc(OS(N)(=O)=O)cc1CC2=O. The van der Waals surface area contributed by atoms with Crippen molar-refractivity contribution in [3.63, 3.8) is 0 Å². The molecule has 0 heterocycles. The molecule has 22 heavy (non-hydrogen) atoms. The molecule has 0 saturated heterocycles. The highest BCUT2D eigenvalue weighted by Gasteiger charge is 2.25. The Bertz CT molecular complexity index is 901. The van der Waals surface area contributed by atoms with Crippen molar-refractivity contribution in [3.05, 3.63) is 52.6 Å². The molecule has 0 unspecified atom stereocenters. The van der Waals surface area contributed by atoms with E-state index in [0.717, 1.165) is 33.4 Å². The van der Waals surface area contributed by atoms with E-state index in [1.165, 1.54) is 0 Å². The first-order valence-electron chi connectivity index (χ1n) is 6.74. The van der Waals surface area contributed by atoms with Gasteiger partial charge in [-0.25, -0.2) is 0 Å². The van der Waals surface area contributed by atoms with Crippen LogP contribution in [0.5, 0.6) is 5.75 Å². The fraction of sp³-hybridized carbons (Fsp3) is 0.188. The second kappa shape index (κ2) is 4.93. The summed E-state index contributed by atoms with van der Waals surface area (Å²) in [5.74, 6) is 0.134. The predicted molar refractivity (Wildman–Crippen MR) is 83.1 cm³/mol.